The molecule has 0 aliphatic rings. The van der Waals surface area contributed by atoms with Crippen LogP contribution < -0.4 is 5.73 Å². The normalized spacial score (nSPS) is 13.1. The molecule has 3 nitrogen and oxygen atoms in total. The minimum atomic E-state index is -0.265. The molecule has 1 atom stereocenters. The van der Waals surface area contributed by atoms with E-state index in [1.54, 1.807) is 6.26 Å². The summed E-state index contributed by atoms with van der Waals surface area (Å²) < 4.78 is 11.2. The molecule has 0 saturated carbocycles. The van der Waals surface area contributed by atoms with Crippen LogP contribution in [-0.2, 0) is 0 Å². The molecule has 2 N–H and O–H groups in total. The van der Waals surface area contributed by atoms with Crippen molar-refractivity contribution in [2.24, 2.45) is 5.73 Å². The second-order valence-corrected chi connectivity index (χ2v) is 3.89. The zero-order valence-electron chi connectivity index (χ0n) is 7.66. The van der Waals surface area contributed by atoms with Gasteiger partial charge >= 0.3 is 0 Å². The van der Waals surface area contributed by atoms with Crippen molar-refractivity contribution in [2.75, 3.05) is 0 Å². The van der Waals surface area contributed by atoms with E-state index in [2.05, 4.69) is 15.9 Å². The van der Waals surface area contributed by atoms with Crippen LogP contribution in [0.1, 0.15) is 23.1 Å². The maximum absolute atomic E-state index is 5.97. The number of furan rings is 2. The van der Waals surface area contributed by atoms with Gasteiger partial charge < -0.3 is 14.6 Å². The van der Waals surface area contributed by atoms with Crippen LogP contribution in [0, 0.1) is 6.92 Å². The highest BCUT2D eigenvalue weighted by Crippen LogP contribution is 2.25. The molecule has 2 heterocycles. The Morgan fingerprint density at radius 1 is 1.43 bits per heavy atom. The van der Waals surface area contributed by atoms with Crippen molar-refractivity contribution < 1.29 is 8.83 Å². The summed E-state index contributed by atoms with van der Waals surface area (Å²) in [6.07, 6.45) is 1.65. The van der Waals surface area contributed by atoms with Gasteiger partial charge in [0.2, 0.25) is 0 Å². The van der Waals surface area contributed by atoms with Crippen LogP contribution in [-0.4, -0.2) is 0 Å². The molecule has 74 valence electrons. The summed E-state index contributed by atoms with van der Waals surface area (Å²) in [5, 5.41) is 0. The number of halogens is 1. The Balaban J connectivity index is 2.28. The Labute approximate surface area is 90.0 Å². The Hall–Kier alpha value is -1.00. The summed E-state index contributed by atoms with van der Waals surface area (Å²) in [5.41, 5.74) is 6.89. The van der Waals surface area contributed by atoms with E-state index in [4.69, 9.17) is 14.6 Å². The van der Waals surface area contributed by atoms with Gasteiger partial charge in [0.05, 0.1) is 12.3 Å². The van der Waals surface area contributed by atoms with Crippen molar-refractivity contribution in [3.05, 3.63) is 46.2 Å². The fourth-order valence-electron chi connectivity index (χ4n) is 1.29. The molecule has 14 heavy (non-hydrogen) atoms. The fraction of sp³-hybridized carbons (Fsp3) is 0.200. The largest absolute Gasteiger partial charge is 0.469 e. The molecule has 0 fully saturated rings. The van der Waals surface area contributed by atoms with E-state index in [9.17, 15) is 0 Å². The lowest BCUT2D eigenvalue weighted by atomic mass is 10.1. The first-order valence-corrected chi connectivity index (χ1v) is 5.02. The summed E-state index contributed by atoms with van der Waals surface area (Å²) in [7, 11) is 0. The Morgan fingerprint density at radius 2 is 2.21 bits per heavy atom. The molecule has 2 aromatic heterocycles. The van der Waals surface area contributed by atoms with Crippen molar-refractivity contribution in [3.63, 3.8) is 0 Å². The summed E-state index contributed by atoms with van der Waals surface area (Å²) in [4.78, 5) is 0. The van der Waals surface area contributed by atoms with Gasteiger partial charge in [-0.2, -0.15) is 0 Å². The molecule has 0 spiro atoms. The number of hydrogen-bond acceptors (Lipinski definition) is 3. The van der Waals surface area contributed by atoms with Crippen molar-refractivity contribution in [1.82, 2.24) is 0 Å². The van der Waals surface area contributed by atoms with Crippen LogP contribution in [0.25, 0.3) is 0 Å². The molecule has 0 aliphatic carbocycles. The highest BCUT2D eigenvalue weighted by molar-refractivity contribution is 9.10. The fourth-order valence-corrected chi connectivity index (χ4v) is 1.61. The second-order valence-electron chi connectivity index (χ2n) is 3.11. The lowest BCUT2D eigenvalue weighted by Crippen LogP contribution is -2.09. The van der Waals surface area contributed by atoms with E-state index in [0.717, 1.165) is 17.1 Å². The van der Waals surface area contributed by atoms with Crippen LogP contribution in [0.15, 0.2) is 38.0 Å². The Morgan fingerprint density at radius 3 is 2.71 bits per heavy atom. The first-order chi connectivity index (χ1) is 6.66. The van der Waals surface area contributed by atoms with Crippen LogP contribution in [0.2, 0.25) is 0 Å². The number of nitrogens with two attached hydrogens (primary N) is 1. The maximum atomic E-state index is 5.97. The lowest BCUT2D eigenvalue weighted by molar-refractivity contribution is 0.467. The van der Waals surface area contributed by atoms with Gasteiger partial charge in [-0.1, -0.05) is 0 Å². The van der Waals surface area contributed by atoms with Crippen LogP contribution >= 0.6 is 15.9 Å². The highest BCUT2D eigenvalue weighted by atomic mass is 79.9. The summed E-state index contributed by atoms with van der Waals surface area (Å²) in [5.74, 6) is 1.57. The van der Waals surface area contributed by atoms with Gasteiger partial charge in [0, 0.05) is 5.56 Å². The molecule has 0 aromatic carbocycles. The molecule has 1 unspecified atom stereocenters. The Bertz CT molecular complexity index is 393. The summed E-state index contributed by atoms with van der Waals surface area (Å²) in [6.45, 7) is 1.88. The third-order valence-corrected chi connectivity index (χ3v) is 2.44. The molecule has 4 heteroatoms. The lowest BCUT2D eigenvalue weighted by Gasteiger charge is -2.04. The number of rotatable bonds is 2. The number of aryl methyl sites for hydroxylation is 1. The van der Waals surface area contributed by atoms with Crippen LogP contribution in [0.5, 0.6) is 0 Å². The van der Waals surface area contributed by atoms with E-state index in [0.29, 0.717) is 4.67 Å². The zero-order chi connectivity index (χ0) is 10.1. The first-order valence-electron chi connectivity index (χ1n) is 4.22. The van der Waals surface area contributed by atoms with E-state index in [-0.39, 0.29) is 6.04 Å². The summed E-state index contributed by atoms with van der Waals surface area (Å²) >= 11 is 3.23. The maximum Gasteiger partial charge on any atom is 0.169 e. The van der Waals surface area contributed by atoms with Crippen molar-refractivity contribution in [2.45, 2.75) is 13.0 Å². The topological polar surface area (TPSA) is 52.3 Å². The summed E-state index contributed by atoms with van der Waals surface area (Å²) in [6, 6.07) is 5.30. The van der Waals surface area contributed by atoms with Crippen molar-refractivity contribution in [3.8, 4) is 0 Å². The van der Waals surface area contributed by atoms with Gasteiger partial charge in [-0.25, -0.2) is 0 Å². The van der Waals surface area contributed by atoms with Crippen LogP contribution in [0.4, 0.5) is 0 Å². The minimum Gasteiger partial charge on any atom is -0.469 e. The average Bonchev–Trinajstić information content (AvgIpc) is 2.73. The van der Waals surface area contributed by atoms with Crippen LogP contribution in [0.3, 0.4) is 0 Å². The third kappa shape index (κ3) is 1.76. The Kier molecular flexibility index (Phi) is 2.48. The predicted molar refractivity (Wildman–Crippen MR) is 55.9 cm³/mol. The SMILES string of the molecule is Cc1cc(C(N)c2ccc(Br)o2)co1. The molecular formula is C10H10BrNO2. The van der Waals surface area contributed by atoms with Gasteiger partial charge in [0.15, 0.2) is 4.67 Å². The van der Waals surface area contributed by atoms with E-state index in [1.165, 1.54) is 0 Å². The average molecular weight is 256 g/mol. The quantitative estimate of drug-likeness (QED) is 0.898. The van der Waals surface area contributed by atoms with E-state index >= 15 is 0 Å². The van der Waals surface area contributed by atoms with Gasteiger partial charge in [0.25, 0.3) is 0 Å². The smallest absolute Gasteiger partial charge is 0.169 e. The highest BCUT2D eigenvalue weighted by Gasteiger charge is 2.14. The standard InChI is InChI=1S/C10H10BrNO2/c1-6-4-7(5-13-6)10(12)8-2-3-9(11)14-8/h2-5,10H,12H2,1H3. The zero-order valence-corrected chi connectivity index (χ0v) is 9.24. The molecular weight excluding hydrogens is 246 g/mol. The van der Waals surface area contributed by atoms with Gasteiger partial charge in [-0.05, 0) is 41.1 Å². The molecule has 2 aromatic rings. The minimum absolute atomic E-state index is 0.265. The molecule has 0 bridgehead atoms. The van der Waals surface area contributed by atoms with E-state index in [1.807, 2.05) is 25.1 Å². The van der Waals surface area contributed by atoms with Gasteiger partial charge in [0.1, 0.15) is 11.5 Å². The molecule has 0 radical (unpaired) electrons. The molecule has 0 saturated heterocycles. The van der Waals surface area contributed by atoms with E-state index < -0.39 is 0 Å². The molecule has 2 rings (SSSR count). The van der Waals surface area contributed by atoms with Gasteiger partial charge in [-0.3, -0.25) is 0 Å². The molecule has 0 amide bonds. The first kappa shape index (κ1) is 9.55. The second kappa shape index (κ2) is 3.63. The number of hydrogen-bond donors (Lipinski definition) is 1. The van der Waals surface area contributed by atoms with Crippen molar-refractivity contribution in [1.29, 1.82) is 0 Å². The third-order valence-electron chi connectivity index (χ3n) is 2.01. The van der Waals surface area contributed by atoms with Crippen molar-refractivity contribution >= 4 is 15.9 Å². The molecule has 0 aliphatic heterocycles. The monoisotopic (exact) mass is 255 g/mol. The predicted octanol–water partition coefficient (Wildman–Crippen LogP) is 2.99. The van der Waals surface area contributed by atoms with Gasteiger partial charge in [-0.15, -0.1) is 0 Å².